The van der Waals surface area contributed by atoms with Gasteiger partial charge in [0, 0.05) is 12.4 Å². The fourth-order valence-corrected chi connectivity index (χ4v) is 2.02. The molecular formula is C10H14N2O. The molecule has 2 rings (SSSR count). The van der Waals surface area contributed by atoms with Crippen molar-refractivity contribution in [3.8, 4) is 0 Å². The SMILES string of the molecule is CC1CC(O)(c2cnccn2)C1C. The van der Waals surface area contributed by atoms with Gasteiger partial charge in [0.1, 0.15) is 5.60 Å². The van der Waals surface area contributed by atoms with Crippen molar-refractivity contribution in [3.63, 3.8) is 0 Å². The molecule has 1 heterocycles. The van der Waals surface area contributed by atoms with Gasteiger partial charge in [0.2, 0.25) is 0 Å². The smallest absolute Gasteiger partial charge is 0.111 e. The van der Waals surface area contributed by atoms with Crippen LogP contribution >= 0.6 is 0 Å². The summed E-state index contributed by atoms with van der Waals surface area (Å²) in [6.45, 7) is 4.21. The van der Waals surface area contributed by atoms with Gasteiger partial charge in [-0.2, -0.15) is 0 Å². The van der Waals surface area contributed by atoms with Crippen molar-refractivity contribution in [2.75, 3.05) is 0 Å². The molecule has 3 atom stereocenters. The van der Waals surface area contributed by atoms with Gasteiger partial charge in [-0.15, -0.1) is 0 Å². The molecule has 0 aromatic carbocycles. The molecule has 0 saturated heterocycles. The Kier molecular flexibility index (Phi) is 1.84. The summed E-state index contributed by atoms with van der Waals surface area (Å²) in [4.78, 5) is 8.11. The molecule has 3 heteroatoms. The largest absolute Gasteiger partial charge is 0.383 e. The van der Waals surface area contributed by atoms with Gasteiger partial charge in [-0.3, -0.25) is 9.97 Å². The van der Waals surface area contributed by atoms with Crippen molar-refractivity contribution >= 4 is 0 Å². The van der Waals surface area contributed by atoms with E-state index in [1.165, 1.54) is 0 Å². The lowest BCUT2D eigenvalue weighted by Gasteiger charge is -2.48. The molecule has 1 aromatic rings. The van der Waals surface area contributed by atoms with Crippen molar-refractivity contribution in [1.29, 1.82) is 0 Å². The van der Waals surface area contributed by atoms with E-state index in [4.69, 9.17) is 0 Å². The van der Waals surface area contributed by atoms with Crippen LogP contribution in [0.3, 0.4) is 0 Å². The maximum absolute atomic E-state index is 10.2. The monoisotopic (exact) mass is 178 g/mol. The van der Waals surface area contributed by atoms with Gasteiger partial charge in [0.15, 0.2) is 0 Å². The van der Waals surface area contributed by atoms with Crippen LogP contribution in [-0.4, -0.2) is 15.1 Å². The molecule has 70 valence electrons. The van der Waals surface area contributed by atoms with Crippen LogP contribution in [0.1, 0.15) is 26.0 Å². The molecule has 0 bridgehead atoms. The second-order valence-electron chi connectivity index (χ2n) is 3.98. The fourth-order valence-electron chi connectivity index (χ4n) is 2.02. The molecule has 13 heavy (non-hydrogen) atoms. The highest BCUT2D eigenvalue weighted by Gasteiger charge is 2.50. The molecule has 1 N–H and O–H groups in total. The summed E-state index contributed by atoms with van der Waals surface area (Å²) >= 11 is 0. The van der Waals surface area contributed by atoms with Crippen LogP contribution in [0.25, 0.3) is 0 Å². The maximum atomic E-state index is 10.2. The Morgan fingerprint density at radius 1 is 1.46 bits per heavy atom. The highest BCUT2D eigenvalue weighted by Crippen LogP contribution is 2.49. The van der Waals surface area contributed by atoms with E-state index in [-0.39, 0.29) is 5.92 Å². The van der Waals surface area contributed by atoms with Crippen LogP contribution in [0.2, 0.25) is 0 Å². The Bertz CT molecular complexity index is 301. The first-order chi connectivity index (χ1) is 6.14. The van der Waals surface area contributed by atoms with Crippen LogP contribution in [0.15, 0.2) is 18.6 Å². The molecule has 1 aromatic heterocycles. The lowest BCUT2D eigenvalue weighted by molar-refractivity contribution is -0.135. The molecule has 1 fully saturated rings. The summed E-state index contributed by atoms with van der Waals surface area (Å²) in [6.07, 6.45) is 5.71. The zero-order valence-corrected chi connectivity index (χ0v) is 7.94. The van der Waals surface area contributed by atoms with Crippen LogP contribution < -0.4 is 0 Å². The number of nitrogens with zero attached hydrogens (tertiary/aromatic N) is 2. The standard InChI is InChI=1S/C10H14N2O/c1-7-5-10(13,8(7)2)9-6-11-3-4-12-9/h3-4,6-8,13H,5H2,1-2H3. The van der Waals surface area contributed by atoms with E-state index in [0.717, 1.165) is 6.42 Å². The second-order valence-corrected chi connectivity index (χ2v) is 3.98. The fraction of sp³-hybridized carbons (Fsp3) is 0.600. The molecule has 0 spiro atoms. The second kappa shape index (κ2) is 2.77. The topological polar surface area (TPSA) is 46.0 Å². The van der Waals surface area contributed by atoms with Gasteiger partial charge in [0.25, 0.3) is 0 Å². The number of aromatic nitrogens is 2. The molecule has 0 amide bonds. The number of hydrogen-bond acceptors (Lipinski definition) is 3. The van der Waals surface area contributed by atoms with Crippen molar-refractivity contribution in [1.82, 2.24) is 9.97 Å². The summed E-state index contributed by atoms with van der Waals surface area (Å²) in [7, 11) is 0. The Morgan fingerprint density at radius 2 is 2.23 bits per heavy atom. The number of hydrogen-bond donors (Lipinski definition) is 1. The van der Waals surface area contributed by atoms with Gasteiger partial charge in [-0.25, -0.2) is 0 Å². The molecule has 1 aliphatic rings. The third-order valence-electron chi connectivity index (χ3n) is 3.25. The summed E-state index contributed by atoms with van der Waals surface area (Å²) in [6, 6.07) is 0. The first-order valence-corrected chi connectivity index (χ1v) is 4.63. The average molecular weight is 178 g/mol. The zero-order valence-electron chi connectivity index (χ0n) is 7.94. The first kappa shape index (κ1) is 8.63. The van der Waals surface area contributed by atoms with E-state index >= 15 is 0 Å². The minimum atomic E-state index is -0.728. The number of rotatable bonds is 1. The maximum Gasteiger partial charge on any atom is 0.111 e. The predicted octanol–water partition coefficient (Wildman–Crippen LogP) is 1.34. The van der Waals surface area contributed by atoms with E-state index in [1.807, 2.05) is 0 Å². The zero-order chi connectivity index (χ0) is 9.47. The lowest BCUT2D eigenvalue weighted by Crippen LogP contribution is -2.49. The molecular weight excluding hydrogens is 164 g/mol. The van der Waals surface area contributed by atoms with Crippen molar-refractivity contribution in [3.05, 3.63) is 24.3 Å². The van der Waals surface area contributed by atoms with E-state index < -0.39 is 5.60 Å². The van der Waals surface area contributed by atoms with Gasteiger partial charge >= 0.3 is 0 Å². The van der Waals surface area contributed by atoms with Gasteiger partial charge in [0.05, 0.1) is 11.9 Å². The Balaban J connectivity index is 2.28. The molecule has 1 aliphatic carbocycles. The highest BCUT2D eigenvalue weighted by molar-refractivity contribution is 5.15. The molecule has 0 radical (unpaired) electrons. The lowest BCUT2D eigenvalue weighted by atomic mass is 9.61. The molecule has 0 aliphatic heterocycles. The normalized spacial score (nSPS) is 38.4. The Labute approximate surface area is 77.8 Å². The third kappa shape index (κ3) is 1.15. The van der Waals surface area contributed by atoms with Crippen molar-refractivity contribution in [2.45, 2.75) is 25.9 Å². The van der Waals surface area contributed by atoms with Crippen LogP contribution in [0.4, 0.5) is 0 Å². The quantitative estimate of drug-likeness (QED) is 0.705. The molecule has 3 unspecified atom stereocenters. The minimum Gasteiger partial charge on any atom is -0.383 e. The van der Waals surface area contributed by atoms with Crippen LogP contribution in [0, 0.1) is 11.8 Å². The Morgan fingerprint density at radius 3 is 2.69 bits per heavy atom. The van der Waals surface area contributed by atoms with Gasteiger partial charge in [-0.1, -0.05) is 13.8 Å². The Hall–Kier alpha value is -0.960. The highest BCUT2D eigenvalue weighted by atomic mass is 16.3. The van der Waals surface area contributed by atoms with Crippen LogP contribution in [-0.2, 0) is 5.60 Å². The van der Waals surface area contributed by atoms with Crippen molar-refractivity contribution in [2.24, 2.45) is 11.8 Å². The molecule has 1 saturated carbocycles. The summed E-state index contributed by atoms with van der Waals surface area (Å²) in [5.74, 6) is 0.858. The van der Waals surface area contributed by atoms with Gasteiger partial charge in [-0.05, 0) is 18.3 Å². The average Bonchev–Trinajstić information content (AvgIpc) is 2.19. The van der Waals surface area contributed by atoms with Crippen LogP contribution in [0.5, 0.6) is 0 Å². The van der Waals surface area contributed by atoms with E-state index in [9.17, 15) is 5.11 Å². The van der Waals surface area contributed by atoms with E-state index in [1.54, 1.807) is 18.6 Å². The summed E-state index contributed by atoms with van der Waals surface area (Å²) in [5, 5.41) is 10.2. The third-order valence-corrected chi connectivity index (χ3v) is 3.25. The summed E-state index contributed by atoms with van der Waals surface area (Å²) in [5.41, 5.74) is -0.0196. The minimum absolute atomic E-state index is 0.282. The van der Waals surface area contributed by atoms with E-state index in [0.29, 0.717) is 11.6 Å². The molecule has 3 nitrogen and oxygen atoms in total. The number of aliphatic hydroxyl groups is 1. The van der Waals surface area contributed by atoms with Crippen molar-refractivity contribution < 1.29 is 5.11 Å². The summed E-state index contributed by atoms with van der Waals surface area (Å²) < 4.78 is 0. The van der Waals surface area contributed by atoms with Gasteiger partial charge < -0.3 is 5.11 Å². The van der Waals surface area contributed by atoms with E-state index in [2.05, 4.69) is 23.8 Å². The first-order valence-electron chi connectivity index (χ1n) is 4.63. The predicted molar refractivity (Wildman–Crippen MR) is 48.9 cm³/mol.